The van der Waals surface area contributed by atoms with E-state index in [0.717, 1.165) is 6.07 Å². The third kappa shape index (κ3) is 2.96. The van der Waals surface area contributed by atoms with Crippen LogP contribution in [0.5, 0.6) is 0 Å². The molecular weight excluding hydrogens is 297 g/mol. The van der Waals surface area contributed by atoms with E-state index in [1.165, 1.54) is 18.2 Å². The second-order valence-corrected chi connectivity index (χ2v) is 5.05. The van der Waals surface area contributed by atoms with Gasteiger partial charge in [0, 0.05) is 20.6 Å². The highest BCUT2D eigenvalue weighted by molar-refractivity contribution is 6.33. The quantitative estimate of drug-likeness (QED) is 0.839. The van der Waals surface area contributed by atoms with Gasteiger partial charge in [-0.25, -0.2) is 4.39 Å². The Bertz CT molecular complexity index is 566. The summed E-state index contributed by atoms with van der Waals surface area (Å²) in [5.41, 5.74) is 0.731. The summed E-state index contributed by atoms with van der Waals surface area (Å²) in [6.45, 7) is 0. The van der Waals surface area contributed by atoms with Gasteiger partial charge in [-0.2, -0.15) is 0 Å². The van der Waals surface area contributed by atoms with Crippen molar-refractivity contribution < 1.29 is 9.50 Å². The Morgan fingerprint density at radius 3 is 2.33 bits per heavy atom. The lowest BCUT2D eigenvalue weighted by Crippen LogP contribution is -2.01. The van der Waals surface area contributed by atoms with Crippen LogP contribution in [0.3, 0.4) is 0 Å². The summed E-state index contributed by atoms with van der Waals surface area (Å²) in [7, 11) is 0. The maximum absolute atomic E-state index is 13.2. The molecule has 5 heteroatoms. The molecule has 0 radical (unpaired) electrons. The lowest BCUT2D eigenvalue weighted by molar-refractivity contribution is 0.220. The number of hydrogen-bond acceptors (Lipinski definition) is 1. The van der Waals surface area contributed by atoms with Gasteiger partial charge in [-0.3, -0.25) is 0 Å². The molecule has 18 heavy (non-hydrogen) atoms. The van der Waals surface area contributed by atoms with Crippen molar-refractivity contribution >= 4 is 34.8 Å². The molecule has 1 N–H and O–H groups in total. The molecule has 0 aliphatic carbocycles. The van der Waals surface area contributed by atoms with Gasteiger partial charge >= 0.3 is 0 Å². The molecule has 1 unspecified atom stereocenters. The molecule has 2 aromatic carbocycles. The first-order valence-electron chi connectivity index (χ1n) is 5.06. The highest BCUT2D eigenvalue weighted by atomic mass is 35.5. The van der Waals surface area contributed by atoms with Crippen molar-refractivity contribution in [3.8, 4) is 0 Å². The summed E-state index contributed by atoms with van der Waals surface area (Å²) < 4.78 is 13.2. The molecule has 0 amide bonds. The van der Waals surface area contributed by atoms with Gasteiger partial charge < -0.3 is 5.11 Å². The van der Waals surface area contributed by atoms with Crippen molar-refractivity contribution in [2.75, 3.05) is 0 Å². The summed E-state index contributed by atoms with van der Waals surface area (Å²) in [6, 6.07) is 8.56. The zero-order valence-corrected chi connectivity index (χ0v) is 11.3. The van der Waals surface area contributed by atoms with Gasteiger partial charge in [0.05, 0.1) is 0 Å². The summed E-state index contributed by atoms with van der Waals surface area (Å²) >= 11 is 17.6. The van der Waals surface area contributed by atoms with Crippen LogP contribution in [0.15, 0.2) is 36.4 Å². The minimum atomic E-state index is -1.08. The first-order chi connectivity index (χ1) is 8.47. The Morgan fingerprint density at radius 1 is 0.944 bits per heavy atom. The third-order valence-electron chi connectivity index (χ3n) is 2.45. The Hall–Kier alpha value is -0.800. The number of hydrogen-bond donors (Lipinski definition) is 1. The minimum absolute atomic E-state index is 0.210. The molecule has 0 saturated carbocycles. The van der Waals surface area contributed by atoms with E-state index < -0.39 is 11.9 Å². The number of aliphatic hydroxyl groups excluding tert-OH is 1. The lowest BCUT2D eigenvalue weighted by atomic mass is 10.0. The van der Waals surface area contributed by atoms with Crippen molar-refractivity contribution in [3.05, 3.63) is 68.4 Å². The van der Waals surface area contributed by atoms with E-state index in [2.05, 4.69) is 0 Å². The van der Waals surface area contributed by atoms with Gasteiger partial charge in [-0.05, 0) is 42.0 Å². The largest absolute Gasteiger partial charge is 0.384 e. The normalized spacial score (nSPS) is 12.5. The average Bonchev–Trinajstić information content (AvgIpc) is 2.30. The Labute approximate surface area is 119 Å². The maximum atomic E-state index is 13.2. The molecule has 1 atom stereocenters. The fraction of sp³-hybridized carbons (Fsp3) is 0.0769. The van der Waals surface area contributed by atoms with Gasteiger partial charge in [-0.15, -0.1) is 0 Å². The molecule has 94 valence electrons. The first-order valence-corrected chi connectivity index (χ1v) is 6.20. The molecule has 2 aromatic rings. The van der Waals surface area contributed by atoms with Gasteiger partial charge in [0.1, 0.15) is 11.9 Å². The van der Waals surface area contributed by atoms with Crippen molar-refractivity contribution in [1.82, 2.24) is 0 Å². The van der Waals surface area contributed by atoms with Crippen molar-refractivity contribution in [1.29, 1.82) is 0 Å². The van der Waals surface area contributed by atoms with Crippen molar-refractivity contribution in [2.24, 2.45) is 0 Å². The standard InChI is InChI=1S/C13H8Cl3FO/c14-8-1-2-12(16)11(6-8)13(18)7-3-9(15)5-10(17)4-7/h1-6,13,18H. The molecule has 0 aliphatic rings. The zero-order chi connectivity index (χ0) is 13.3. The molecule has 0 fully saturated rings. The smallest absolute Gasteiger partial charge is 0.125 e. The van der Waals surface area contributed by atoms with Crippen LogP contribution in [0.2, 0.25) is 15.1 Å². The highest BCUT2D eigenvalue weighted by Gasteiger charge is 2.16. The van der Waals surface area contributed by atoms with Crippen LogP contribution in [0, 0.1) is 5.82 Å². The van der Waals surface area contributed by atoms with Crippen molar-refractivity contribution in [2.45, 2.75) is 6.10 Å². The zero-order valence-electron chi connectivity index (χ0n) is 9.00. The van der Waals surface area contributed by atoms with Gasteiger partial charge in [0.15, 0.2) is 0 Å². The third-order valence-corrected chi connectivity index (χ3v) is 3.25. The molecule has 2 rings (SSSR count). The monoisotopic (exact) mass is 304 g/mol. The van der Waals surface area contributed by atoms with Crippen LogP contribution in [0.1, 0.15) is 17.2 Å². The van der Waals surface area contributed by atoms with E-state index >= 15 is 0 Å². The Morgan fingerprint density at radius 2 is 1.67 bits per heavy atom. The summed E-state index contributed by atoms with van der Waals surface area (Å²) in [5, 5.41) is 11.2. The van der Waals surface area contributed by atoms with E-state index in [9.17, 15) is 9.50 Å². The molecule has 1 nitrogen and oxygen atoms in total. The molecule has 0 aromatic heterocycles. The minimum Gasteiger partial charge on any atom is -0.384 e. The lowest BCUT2D eigenvalue weighted by Gasteiger charge is -2.14. The SMILES string of the molecule is OC(c1cc(F)cc(Cl)c1)c1cc(Cl)ccc1Cl. The molecule has 0 aliphatic heterocycles. The molecular formula is C13H8Cl3FO. The van der Waals surface area contributed by atoms with Crippen LogP contribution in [0.25, 0.3) is 0 Å². The average molecular weight is 306 g/mol. The van der Waals surface area contributed by atoms with Gasteiger partial charge in [0.2, 0.25) is 0 Å². The fourth-order valence-corrected chi connectivity index (χ4v) is 2.27. The van der Waals surface area contributed by atoms with E-state index in [4.69, 9.17) is 34.8 Å². The predicted octanol–water partition coefficient (Wildman–Crippen LogP) is 4.87. The second-order valence-electron chi connectivity index (χ2n) is 3.77. The van der Waals surface area contributed by atoms with Gasteiger partial charge in [0.25, 0.3) is 0 Å². The molecule has 0 spiro atoms. The number of aliphatic hydroxyl groups is 1. The summed E-state index contributed by atoms with van der Waals surface area (Å²) in [5.74, 6) is -0.519. The van der Waals surface area contributed by atoms with E-state index in [1.807, 2.05) is 0 Å². The van der Waals surface area contributed by atoms with E-state index in [0.29, 0.717) is 21.2 Å². The summed E-state index contributed by atoms with van der Waals surface area (Å²) in [4.78, 5) is 0. The van der Waals surface area contributed by atoms with Crippen LogP contribution in [-0.2, 0) is 0 Å². The molecule has 0 heterocycles. The van der Waals surface area contributed by atoms with Crippen molar-refractivity contribution in [3.63, 3.8) is 0 Å². The van der Waals surface area contributed by atoms with Crippen LogP contribution < -0.4 is 0 Å². The topological polar surface area (TPSA) is 20.2 Å². The van der Waals surface area contributed by atoms with E-state index in [1.54, 1.807) is 12.1 Å². The number of benzene rings is 2. The number of halogens is 4. The predicted molar refractivity (Wildman–Crippen MR) is 71.9 cm³/mol. The van der Waals surface area contributed by atoms with Crippen LogP contribution in [0.4, 0.5) is 4.39 Å². The maximum Gasteiger partial charge on any atom is 0.125 e. The Kier molecular flexibility index (Phi) is 4.13. The first kappa shape index (κ1) is 13.6. The van der Waals surface area contributed by atoms with Crippen LogP contribution >= 0.6 is 34.8 Å². The summed E-state index contributed by atoms with van der Waals surface area (Å²) in [6.07, 6.45) is -1.08. The molecule has 0 saturated heterocycles. The van der Waals surface area contributed by atoms with Gasteiger partial charge in [-0.1, -0.05) is 34.8 Å². The number of rotatable bonds is 2. The second kappa shape index (κ2) is 5.45. The molecule has 0 bridgehead atoms. The Balaban J connectivity index is 2.47. The van der Waals surface area contributed by atoms with Crippen LogP contribution in [-0.4, -0.2) is 5.11 Å². The fourth-order valence-electron chi connectivity index (χ4n) is 1.64. The highest BCUT2D eigenvalue weighted by Crippen LogP contribution is 2.31. The van der Waals surface area contributed by atoms with E-state index in [-0.39, 0.29) is 5.02 Å².